The Labute approximate surface area is 184 Å². The highest BCUT2D eigenvalue weighted by molar-refractivity contribution is 7.72. The third kappa shape index (κ3) is 5.13. The number of nitrogens with two attached hydrogens (primary N) is 1. The maximum atomic E-state index is 13.5. The number of amides is 1. The quantitative estimate of drug-likeness (QED) is 0.377. The number of hydrogen-bond donors (Lipinski definition) is 4. The Bertz CT molecular complexity index is 1190. The average molecular weight is 465 g/mol. The van der Waals surface area contributed by atoms with Crippen molar-refractivity contribution in [3.8, 4) is 5.75 Å². The fourth-order valence-electron chi connectivity index (χ4n) is 3.06. The molecule has 3 aromatic rings. The van der Waals surface area contributed by atoms with E-state index in [4.69, 9.17) is 10.5 Å². The molecular formula is C21H21F2N3O5S. The van der Waals surface area contributed by atoms with Gasteiger partial charge < -0.3 is 25.5 Å². The van der Waals surface area contributed by atoms with Gasteiger partial charge in [0, 0.05) is 25.0 Å². The third-order valence-electron chi connectivity index (χ3n) is 4.67. The second-order valence-corrected chi connectivity index (χ2v) is 7.97. The molecule has 0 fully saturated rings. The summed E-state index contributed by atoms with van der Waals surface area (Å²) in [4.78, 5) is 12.5. The summed E-state index contributed by atoms with van der Waals surface area (Å²) in [5.41, 5.74) is 6.33. The number of carbonyl (C=O) groups is 1. The molecule has 0 radical (unpaired) electrons. The highest BCUT2D eigenvalue weighted by atomic mass is 32.2. The standard InChI is InChI=1S/C21H21F2N3O5S/c1-26-10-17(32(29)30)20(31-11-16(24)19(27)12-5-3-2-4-6-12)18(26)21(28)25-13-7-8-14(22)15(23)9-13/h2-10,16,19,27,32H,11,24H2,1H3,(H,25,28)/t16-,19-/m0/s1. The molecule has 11 heteroatoms. The zero-order valence-electron chi connectivity index (χ0n) is 16.9. The second-order valence-electron chi connectivity index (χ2n) is 6.97. The van der Waals surface area contributed by atoms with Crippen LogP contribution in [0, 0.1) is 11.6 Å². The number of ether oxygens (including phenoxy) is 1. The van der Waals surface area contributed by atoms with Crippen LogP contribution in [0.1, 0.15) is 22.2 Å². The highest BCUT2D eigenvalue weighted by Gasteiger charge is 2.26. The van der Waals surface area contributed by atoms with Crippen molar-refractivity contribution in [1.29, 1.82) is 0 Å². The molecular weight excluding hydrogens is 444 g/mol. The molecule has 1 heterocycles. The number of thiol groups is 1. The van der Waals surface area contributed by atoms with Crippen LogP contribution >= 0.6 is 0 Å². The molecule has 1 amide bonds. The zero-order valence-corrected chi connectivity index (χ0v) is 17.8. The van der Waals surface area contributed by atoms with Gasteiger partial charge in [0.1, 0.15) is 11.5 Å². The molecule has 0 aliphatic carbocycles. The maximum Gasteiger partial charge on any atom is 0.276 e. The van der Waals surface area contributed by atoms with Crippen molar-refractivity contribution < 1.29 is 31.8 Å². The Hall–Kier alpha value is -3.28. The van der Waals surface area contributed by atoms with E-state index >= 15 is 0 Å². The molecule has 2 atom stereocenters. The first-order valence-corrected chi connectivity index (χ1v) is 10.6. The lowest BCUT2D eigenvalue weighted by atomic mass is 10.0. The van der Waals surface area contributed by atoms with Crippen molar-refractivity contribution in [2.24, 2.45) is 12.8 Å². The Kier molecular flexibility index (Phi) is 7.23. The molecule has 170 valence electrons. The number of nitrogens with zero attached hydrogens (tertiary/aromatic N) is 1. The summed E-state index contributed by atoms with van der Waals surface area (Å²) in [6.07, 6.45) is 0.0872. The van der Waals surface area contributed by atoms with E-state index in [1.54, 1.807) is 30.3 Å². The molecule has 0 saturated heterocycles. The number of aliphatic hydroxyl groups is 1. The van der Waals surface area contributed by atoms with E-state index in [2.05, 4.69) is 5.32 Å². The van der Waals surface area contributed by atoms with Crippen LogP contribution in [0.2, 0.25) is 0 Å². The van der Waals surface area contributed by atoms with Crippen LogP contribution in [0.4, 0.5) is 14.5 Å². The van der Waals surface area contributed by atoms with Gasteiger partial charge in [0.15, 0.2) is 33.8 Å². The van der Waals surface area contributed by atoms with Crippen LogP contribution in [0.5, 0.6) is 5.75 Å². The van der Waals surface area contributed by atoms with Crippen molar-refractivity contribution in [2.45, 2.75) is 17.0 Å². The lowest BCUT2D eigenvalue weighted by Crippen LogP contribution is -2.34. The first-order chi connectivity index (χ1) is 15.2. The Balaban J connectivity index is 1.84. The summed E-state index contributed by atoms with van der Waals surface area (Å²) < 4.78 is 56.8. The molecule has 8 nitrogen and oxygen atoms in total. The SMILES string of the molecule is Cn1cc([SH](=O)=O)c(OC[C@H](N)[C@@H](O)c2ccccc2)c1C(=O)Nc1ccc(F)c(F)c1. The number of benzene rings is 2. The largest absolute Gasteiger partial charge is 0.488 e. The molecule has 0 unspecified atom stereocenters. The fourth-order valence-corrected chi connectivity index (χ4v) is 3.66. The van der Waals surface area contributed by atoms with Crippen LogP contribution in [0.3, 0.4) is 0 Å². The number of hydrogen-bond acceptors (Lipinski definition) is 6. The van der Waals surface area contributed by atoms with E-state index in [1.807, 2.05) is 0 Å². The van der Waals surface area contributed by atoms with E-state index in [9.17, 15) is 27.1 Å². The number of anilines is 1. The number of aliphatic hydroxyl groups excluding tert-OH is 1. The van der Waals surface area contributed by atoms with E-state index in [0.29, 0.717) is 5.56 Å². The summed E-state index contributed by atoms with van der Waals surface area (Å²) >= 11 is 0. The molecule has 0 bridgehead atoms. The number of rotatable bonds is 8. The van der Waals surface area contributed by atoms with Gasteiger partial charge in [-0.15, -0.1) is 0 Å². The summed E-state index contributed by atoms with van der Waals surface area (Å²) in [5.74, 6) is -3.31. The minimum Gasteiger partial charge on any atom is -0.488 e. The molecule has 0 spiro atoms. The fraction of sp³-hybridized carbons (Fsp3) is 0.190. The molecule has 0 aliphatic heterocycles. The van der Waals surface area contributed by atoms with Gasteiger partial charge in [-0.25, -0.2) is 17.2 Å². The minimum atomic E-state index is -3.13. The number of carbonyl (C=O) groups excluding carboxylic acids is 1. The monoisotopic (exact) mass is 465 g/mol. The van der Waals surface area contributed by atoms with Crippen LogP contribution in [-0.2, 0) is 17.8 Å². The molecule has 0 aliphatic rings. The Morgan fingerprint density at radius 1 is 1.19 bits per heavy atom. The first-order valence-electron chi connectivity index (χ1n) is 9.40. The number of aryl methyl sites for hydroxylation is 1. The van der Waals surface area contributed by atoms with Crippen molar-refractivity contribution in [2.75, 3.05) is 11.9 Å². The van der Waals surface area contributed by atoms with E-state index in [1.165, 1.54) is 17.8 Å². The third-order valence-corrected chi connectivity index (χ3v) is 5.38. The van der Waals surface area contributed by atoms with Crippen molar-refractivity contribution in [3.05, 3.63) is 77.6 Å². The molecule has 4 N–H and O–H groups in total. The van der Waals surface area contributed by atoms with Crippen LogP contribution in [-0.4, -0.2) is 36.6 Å². The lowest BCUT2D eigenvalue weighted by Gasteiger charge is -2.20. The molecule has 32 heavy (non-hydrogen) atoms. The predicted octanol–water partition coefficient (Wildman–Crippen LogP) is 1.97. The molecule has 2 aromatic carbocycles. The van der Waals surface area contributed by atoms with E-state index in [0.717, 1.165) is 18.2 Å². The van der Waals surface area contributed by atoms with Gasteiger partial charge in [-0.3, -0.25) is 4.79 Å². The Morgan fingerprint density at radius 2 is 1.88 bits per heavy atom. The minimum absolute atomic E-state index is 0.0367. The first kappa shape index (κ1) is 23.4. The van der Waals surface area contributed by atoms with Gasteiger partial charge >= 0.3 is 0 Å². The normalized spacial score (nSPS) is 13.1. The summed E-state index contributed by atoms with van der Waals surface area (Å²) in [7, 11) is -1.71. The highest BCUT2D eigenvalue weighted by Crippen LogP contribution is 2.29. The van der Waals surface area contributed by atoms with Gasteiger partial charge in [0.25, 0.3) is 5.91 Å². The average Bonchev–Trinajstić information content (AvgIpc) is 3.11. The topological polar surface area (TPSA) is 124 Å². The van der Waals surface area contributed by atoms with Gasteiger partial charge in [-0.05, 0) is 17.7 Å². The van der Waals surface area contributed by atoms with Gasteiger partial charge in [-0.2, -0.15) is 0 Å². The second kappa shape index (κ2) is 9.90. The lowest BCUT2D eigenvalue weighted by molar-refractivity contribution is 0.100. The van der Waals surface area contributed by atoms with E-state index in [-0.39, 0.29) is 28.6 Å². The number of halogens is 2. The number of aromatic nitrogens is 1. The van der Waals surface area contributed by atoms with Crippen LogP contribution in [0.25, 0.3) is 0 Å². The molecule has 3 rings (SSSR count). The van der Waals surface area contributed by atoms with Crippen molar-refractivity contribution in [1.82, 2.24) is 4.57 Å². The maximum absolute atomic E-state index is 13.5. The number of nitrogens with one attached hydrogen (secondary N) is 1. The smallest absolute Gasteiger partial charge is 0.276 e. The van der Waals surface area contributed by atoms with Crippen molar-refractivity contribution in [3.63, 3.8) is 0 Å². The summed E-state index contributed by atoms with van der Waals surface area (Å²) in [6.45, 7) is -0.304. The zero-order chi connectivity index (χ0) is 23.4. The van der Waals surface area contributed by atoms with Crippen LogP contribution in [0.15, 0.2) is 59.6 Å². The molecule has 0 saturated carbocycles. The van der Waals surface area contributed by atoms with Gasteiger partial charge in [0.05, 0.1) is 12.1 Å². The van der Waals surface area contributed by atoms with Crippen molar-refractivity contribution >= 4 is 22.3 Å². The van der Waals surface area contributed by atoms with Crippen LogP contribution < -0.4 is 15.8 Å². The summed E-state index contributed by atoms with van der Waals surface area (Å²) in [6, 6.07) is 10.4. The van der Waals surface area contributed by atoms with Gasteiger partial charge in [-0.1, -0.05) is 30.3 Å². The molecule has 1 aromatic heterocycles. The van der Waals surface area contributed by atoms with Gasteiger partial charge in [0.2, 0.25) is 0 Å². The van der Waals surface area contributed by atoms with E-state index < -0.39 is 40.4 Å². The Morgan fingerprint density at radius 3 is 2.50 bits per heavy atom. The predicted molar refractivity (Wildman–Crippen MR) is 113 cm³/mol. The summed E-state index contributed by atoms with van der Waals surface area (Å²) in [5, 5.41) is 12.8.